The first kappa shape index (κ1) is 20.8. The van der Waals surface area contributed by atoms with E-state index in [9.17, 15) is 5.02 Å². The van der Waals surface area contributed by atoms with Crippen molar-refractivity contribution in [1.82, 2.24) is 4.57 Å². The Morgan fingerprint density at radius 2 is 1.34 bits per heavy atom. The molecule has 1 N–H and O–H groups in total. The van der Waals surface area contributed by atoms with Gasteiger partial charge in [-0.2, -0.15) is 0 Å². The van der Waals surface area contributed by atoms with Crippen molar-refractivity contribution in [1.29, 1.82) is 0 Å². The van der Waals surface area contributed by atoms with Crippen LogP contribution in [-0.4, -0.2) is 17.1 Å². The number of hydrogen-bond donors (Lipinski definition) is 1. The monoisotopic (exact) mass is 468 g/mol. The highest BCUT2D eigenvalue weighted by Gasteiger charge is 2.37. The fourth-order valence-electron chi connectivity index (χ4n) is 5.67. The molecule has 7 rings (SSSR count). The van der Waals surface area contributed by atoms with Crippen LogP contribution in [0.1, 0.15) is 25.0 Å². The van der Waals surface area contributed by atoms with E-state index in [0.717, 1.165) is 4.78 Å². The summed E-state index contributed by atoms with van der Waals surface area (Å²) in [6.45, 7) is 4.61. The van der Waals surface area contributed by atoms with Crippen molar-refractivity contribution in [3.8, 4) is 27.3 Å². The Balaban J connectivity index is 1.64. The van der Waals surface area contributed by atoms with Crippen LogP contribution in [0.3, 0.4) is 0 Å². The summed E-state index contributed by atoms with van der Waals surface area (Å²) in [6, 6.07) is 34.9. The van der Waals surface area contributed by atoms with Crippen molar-refractivity contribution in [2.75, 3.05) is 0 Å². The first-order chi connectivity index (χ1) is 17.1. The Morgan fingerprint density at radius 3 is 2.03 bits per heavy atom. The molecule has 1 radical (unpaired) electrons. The molecule has 1 aliphatic heterocycles. The molecule has 167 valence electrons. The van der Waals surface area contributed by atoms with E-state index < -0.39 is 0 Å². The first-order valence-corrected chi connectivity index (χ1v) is 12.7. The molecule has 6 aromatic rings. The van der Waals surface area contributed by atoms with Gasteiger partial charge in [0.2, 0.25) is 0 Å². The molecule has 0 bridgehead atoms. The zero-order valence-electron chi connectivity index (χ0n) is 19.6. The first-order valence-electron chi connectivity index (χ1n) is 11.9. The normalized spacial score (nSPS) is 13.8. The number of nitrogens with zero attached hydrogens (tertiary/aromatic N) is 1. The Hall–Kier alpha value is -3.60. The summed E-state index contributed by atoms with van der Waals surface area (Å²) < 4.78 is 3.30. The van der Waals surface area contributed by atoms with Gasteiger partial charge in [-0.05, 0) is 63.7 Å². The predicted octanol–water partition coefficient (Wildman–Crippen LogP) is 7.06. The van der Waals surface area contributed by atoms with E-state index in [1.807, 2.05) is 0 Å². The molecule has 0 saturated carbocycles. The maximum absolute atomic E-state index is 9.86. The van der Waals surface area contributed by atoms with Gasteiger partial charge in [-0.1, -0.05) is 80.6 Å². The van der Waals surface area contributed by atoms with Gasteiger partial charge in [0, 0.05) is 21.0 Å². The predicted molar refractivity (Wildman–Crippen MR) is 149 cm³/mol. The Morgan fingerprint density at radius 1 is 0.686 bits per heavy atom. The van der Waals surface area contributed by atoms with Crippen LogP contribution < -0.4 is 4.78 Å². The van der Waals surface area contributed by atoms with Gasteiger partial charge in [-0.15, -0.1) is 11.3 Å². The molecule has 2 nitrogen and oxygen atoms in total. The van der Waals surface area contributed by atoms with E-state index in [-0.39, 0.29) is 5.41 Å². The lowest BCUT2D eigenvalue weighted by Crippen LogP contribution is -2.25. The topological polar surface area (TPSA) is 25.2 Å². The molecule has 0 amide bonds. The van der Waals surface area contributed by atoms with Crippen molar-refractivity contribution in [2.45, 2.75) is 19.3 Å². The van der Waals surface area contributed by atoms with Crippen molar-refractivity contribution in [2.24, 2.45) is 0 Å². The van der Waals surface area contributed by atoms with Crippen molar-refractivity contribution < 1.29 is 5.02 Å². The smallest absolute Gasteiger partial charge is 0.338 e. The molecule has 0 saturated heterocycles. The molecule has 1 aliphatic rings. The van der Waals surface area contributed by atoms with Crippen molar-refractivity contribution >= 4 is 45.4 Å². The van der Waals surface area contributed by atoms with Crippen molar-refractivity contribution in [3.63, 3.8) is 0 Å². The van der Waals surface area contributed by atoms with Crippen LogP contribution in [0.4, 0.5) is 0 Å². The van der Waals surface area contributed by atoms with Gasteiger partial charge in [0.05, 0.1) is 11.0 Å². The Labute approximate surface area is 209 Å². The second-order valence-electron chi connectivity index (χ2n) is 9.84. The molecular formula is C31H23BNOS. The fourth-order valence-corrected chi connectivity index (χ4v) is 6.82. The van der Waals surface area contributed by atoms with Gasteiger partial charge in [0.15, 0.2) is 0 Å². The number of benzene rings is 4. The average Bonchev–Trinajstić information content (AvgIpc) is 3.48. The highest BCUT2D eigenvalue weighted by atomic mass is 32.1. The third-order valence-corrected chi connectivity index (χ3v) is 8.54. The SMILES string of the molecule is CC1(C)c2cc([B]O)sc2-n2c3ccc(-c4ccccc4)cc3c3cc(-c4ccccc4)cc1c32. The summed E-state index contributed by atoms with van der Waals surface area (Å²) >= 11 is 1.65. The fraction of sp³-hybridized carbons (Fsp3) is 0.0968. The van der Waals surface area contributed by atoms with E-state index >= 15 is 0 Å². The van der Waals surface area contributed by atoms with Crippen molar-refractivity contribution in [3.05, 3.63) is 108 Å². The quantitative estimate of drug-likeness (QED) is 0.277. The van der Waals surface area contributed by atoms with Crippen LogP contribution in [-0.2, 0) is 5.41 Å². The lowest BCUT2D eigenvalue weighted by Gasteiger charge is -2.33. The zero-order valence-corrected chi connectivity index (χ0v) is 20.4. The van der Waals surface area contributed by atoms with Crippen LogP contribution in [0.25, 0.3) is 49.1 Å². The van der Waals surface area contributed by atoms with Crippen LogP contribution in [0.15, 0.2) is 97.1 Å². The molecule has 0 atom stereocenters. The third kappa shape index (κ3) is 2.94. The van der Waals surface area contributed by atoms with E-state index in [2.05, 4.69) is 115 Å². The molecule has 0 spiro atoms. The molecule has 4 heteroatoms. The minimum Gasteiger partial charge on any atom is -0.449 e. The number of fused-ring (bicyclic) bond motifs is 5. The highest BCUT2D eigenvalue weighted by molar-refractivity contribution is 7.23. The van der Waals surface area contributed by atoms with Gasteiger partial charge in [0.1, 0.15) is 5.00 Å². The number of aromatic nitrogens is 1. The maximum atomic E-state index is 9.86. The van der Waals surface area contributed by atoms with E-state index in [1.54, 1.807) is 11.3 Å². The lowest BCUT2D eigenvalue weighted by atomic mass is 9.75. The number of thiophene rings is 1. The second-order valence-corrected chi connectivity index (χ2v) is 10.9. The summed E-state index contributed by atoms with van der Waals surface area (Å²) in [5, 5.41) is 13.6. The molecule has 0 unspecified atom stereocenters. The van der Waals surface area contributed by atoms with Gasteiger partial charge in [-0.25, -0.2) is 0 Å². The average molecular weight is 468 g/mol. The second kappa shape index (κ2) is 7.45. The van der Waals surface area contributed by atoms with Gasteiger partial charge < -0.3 is 9.59 Å². The lowest BCUT2D eigenvalue weighted by molar-refractivity contribution is 0.615. The van der Waals surface area contributed by atoms with Crippen LogP contribution >= 0.6 is 11.3 Å². The largest absolute Gasteiger partial charge is 0.449 e. The summed E-state index contributed by atoms with van der Waals surface area (Å²) in [5.74, 6) is 0. The maximum Gasteiger partial charge on any atom is 0.338 e. The Bertz CT molecular complexity index is 1750. The van der Waals surface area contributed by atoms with Gasteiger partial charge in [-0.3, -0.25) is 0 Å². The summed E-state index contributed by atoms with van der Waals surface area (Å²) in [5.41, 5.74) is 9.76. The van der Waals surface area contributed by atoms with E-state index in [1.165, 1.54) is 67.7 Å². The van der Waals surface area contributed by atoms with Crippen LogP contribution in [0, 0.1) is 0 Å². The van der Waals surface area contributed by atoms with Gasteiger partial charge in [0.25, 0.3) is 0 Å². The zero-order chi connectivity index (χ0) is 23.7. The van der Waals surface area contributed by atoms with E-state index in [4.69, 9.17) is 0 Å². The molecular weight excluding hydrogens is 445 g/mol. The standard InChI is InChI=1S/C31H23BNOS/c1-31(2)25-17-22(20-11-7-4-8-12-20)16-24-23-15-21(19-9-5-3-6-10-19)13-14-27(23)33(29(24)25)30-26(31)18-28(32-34)35-30/h3-18,34H,1-2H3. The van der Waals surface area contributed by atoms with Gasteiger partial charge >= 0.3 is 7.48 Å². The highest BCUT2D eigenvalue weighted by Crippen LogP contribution is 2.50. The number of hydrogen-bond acceptors (Lipinski definition) is 2. The molecule has 2 aromatic heterocycles. The summed E-state index contributed by atoms with van der Waals surface area (Å²) in [7, 11) is 1.23. The van der Waals surface area contributed by atoms with Crippen LogP contribution in [0.5, 0.6) is 0 Å². The molecule has 35 heavy (non-hydrogen) atoms. The molecule has 3 heterocycles. The third-order valence-electron chi connectivity index (χ3n) is 7.48. The minimum atomic E-state index is -0.192. The Kier molecular flexibility index (Phi) is 4.42. The van der Waals surface area contributed by atoms with Crippen LogP contribution in [0.2, 0.25) is 0 Å². The number of rotatable bonds is 3. The van der Waals surface area contributed by atoms with E-state index in [0.29, 0.717) is 0 Å². The molecule has 0 fully saturated rings. The minimum absolute atomic E-state index is 0.192. The summed E-state index contributed by atoms with van der Waals surface area (Å²) in [6.07, 6.45) is 0. The summed E-state index contributed by atoms with van der Waals surface area (Å²) in [4.78, 5) is 0. The molecule has 0 aliphatic carbocycles. The molecule has 4 aromatic carbocycles.